The van der Waals surface area contributed by atoms with E-state index in [4.69, 9.17) is 9.47 Å². The van der Waals surface area contributed by atoms with Crippen LogP contribution in [0.1, 0.15) is 12.0 Å². The fourth-order valence-corrected chi connectivity index (χ4v) is 3.71. The van der Waals surface area contributed by atoms with Crippen LogP contribution in [0, 0.1) is 0 Å². The van der Waals surface area contributed by atoms with E-state index in [1.165, 1.54) is 5.56 Å². The second kappa shape index (κ2) is 10.2. The maximum atomic E-state index is 12.2. The molecular formula is C20H27NO3S. The molecule has 0 radical (unpaired) electrons. The van der Waals surface area contributed by atoms with Crippen LogP contribution in [-0.4, -0.2) is 49.2 Å². The van der Waals surface area contributed by atoms with Crippen LogP contribution in [0.4, 0.5) is 0 Å². The lowest BCUT2D eigenvalue weighted by Gasteiger charge is -2.17. The van der Waals surface area contributed by atoms with Gasteiger partial charge in [-0.15, -0.1) is 0 Å². The van der Waals surface area contributed by atoms with Crippen molar-refractivity contribution in [1.82, 2.24) is 4.90 Å². The molecule has 0 aromatic heterocycles. The van der Waals surface area contributed by atoms with Gasteiger partial charge in [0.2, 0.25) is 0 Å². The van der Waals surface area contributed by atoms with Gasteiger partial charge in [-0.25, -0.2) is 0 Å². The highest BCUT2D eigenvalue weighted by Gasteiger charge is 2.07. The van der Waals surface area contributed by atoms with Crippen LogP contribution in [-0.2, 0) is 17.2 Å². The van der Waals surface area contributed by atoms with Gasteiger partial charge < -0.3 is 14.4 Å². The second-order valence-electron chi connectivity index (χ2n) is 5.96. The summed E-state index contributed by atoms with van der Waals surface area (Å²) in [6, 6.07) is 15.7. The Morgan fingerprint density at radius 1 is 0.960 bits per heavy atom. The van der Waals surface area contributed by atoms with Crippen molar-refractivity contribution in [1.29, 1.82) is 0 Å². The molecule has 0 aliphatic carbocycles. The molecule has 2 rings (SSSR count). The lowest BCUT2D eigenvalue weighted by atomic mass is 10.1. The first-order valence-corrected chi connectivity index (χ1v) is 9.79. The summed E-state index contributed by atoms with van der Waals surface area (Å²) < 4.78 is 22.8. The number of nitrogens with zero attached hydrogens (tertiary/aromatic N) is 1. The van der Waals surface area contributed by atoms with Gasteiger partial charge in [0.1, 0.15) is 0 Å². The maximum Gasteiger partial charge on any atom is 0.160 e. The molecule has 0 aliphatic heterocycles. The zero-order chi connectivity index (χ0) is 18.1. The molecule has 0 spiro atoms. The molecule has 0 bridgehead atoms. The summed E-state index contributed by atoms with van der Waals surface area (Å²) in [7, 11) is 4.50. The Kier molecular flexibility index (Phi) is 7.95. The largest absolute Gasteiger partial charge is 0.493 e. The summed E-state index contributed by atoms with van der Waals surface area (Å²) in [5.74, 6) is 2.22. The molecule has 1 atom stereocenters. The first kappa shape index (κ1) is 19.5. The highest BCUT2D eigenvalue weighted by molar-refractivity contribution is 7.85. The monoisotopic (exact) mass is 361 g/mol. The molecular weight excluding hydrogens is 334 g/mol. The molecule has 0 saturated carbocycles. The van der Waals surface area contributed by atoms with Crippen LogP contribution in [0.15, 0.2) is 53.4 Å². The van der Waals surface area contributed by atoms with Crippen molar-refractivity contribution in [3.8, 4) is 11.5 Å². The normalized spacial score (nSPS) is 12.2. The lowest BCUT2D eigenvalue weighted by molar-refractivity contribution is 0.338. The van der Waals surface area contributed by atoms with E-state index < -0.39 is 10.8 Å². The molecule has 0 aliphatic rings. The van der Waals surface area contributed by atoms with Gasteiger partial charge in [0.15, 0.2) is 11.5 Å². The molecule has 25 heavy (non-hydrogen) atoms. The zero-order valence-electron chi connectivity index (χ0n) is 15.2. The lowest BCUT2D eigenvalue weighted by Crippen LogP contribution is -2.23. The fraction of sp³-hybridized carbons (Fsp3) is 0.400. The quantitative estimate of drug-likeness (QED) is 0.650. The molecule has 5 heteroatoms. The van der Waals surface area contributed by atoms with Crippen molar-refractivity contribution in [2.24, 2.45) is 0 Å². The summed E-state index contributed by atoms with van der Waals surface area (Å²) in [6.45, 7) is 1.89. The van der Waals surface area contributed by atoms with E-state index >= 15 is 0 Å². The van der Waals surface area contributed by atoms with E-state index in [-0.39, 0.29) is 0 Å². The molecule has 0 amide bonds. The number of hydrogen-bond donors (Lipinski definition) is 0. The van der Waals surface area contributed by atoms with Gasteiger partial charge in [0, 0.05) is 17.2 Å². The SMILES string of the molecule is COc1ccc(CCN(C)CCCS(=O)c2ccccc2)cc1OC. The van der Waals surface area contributed by atoms with Crippen molar-refractivity contribution in [3.05, 3.63) is 54.1 Å². The maximum absolute atomic E-state index is 12.2. The van der Waals surface area contributed by atoms with Gasteiger partial charge in [0.25, 0.3) is 0 Å². The van der Waals surface area contributed by atoms with Gasteiger partial charge in [0.05, 0.1) is 25.0 Å². The summed E-state index contributed by atoms with van der Waals surface area (Å²) >= 11 is 0. The molecule has 136 valence electrons. The van der Waals surface area contributed by atoms with Gasteiger partial charge in [-0.2, -0.15) is 0 Å². The van der Waals surface area contributed by atoms with Gasteiger partial charge in [-0.1, -0.05) is 24.3 Å². The number of methoxy groups -OCH3 is 2. The van der Waals surface area contributed by atoms with Crippen molar-refractivity contribution >= 4 is 10.8 Å². The Hall–Kier alpha value is -1.85. The highest BCUT2D eigenvalue weighted by Crippen LogP contribution is 2.27. The minimum atomic E-state index is -0.905. The van der Waals surface area contributed by atoms with E-state index in [0.717, 1.165) is 42.3 Å². The standard InChI is InChI=1S/C20H27NO3S/c1-21(13-7-15-25(22)18-8-5-4-6-9-18)14-12-17-10-11-19(23-2)20(16-17)24-3/h4-6,8-11,16H,7,12-15H2,1-3H3. The van der Waals surface area contributed by atoms with E-state index in [0.29, 0.717) is 5.75 Å². The number of rotatable bonds is 10. The summed E-state index contributed by atoms with van der Waals surface area (Å²) in [4.78, 5) is 3.19. The summed E-state index contributed by atoms with van der Waals surface area (Å²) in [5.41, 5.74) is 1.22. The molecule has 0 fully saturated rings. The Bertz CT molecular complexity index is 676. The van der Waals surface area contributed by atoms with Crippen LogP contribution >= 0.6 is 0 Å². The highest BCUT2D eigenvalue weighted by atomic mass is 32.2. The Morgan fingerprint density at radius 3 is 2.36 bits per heavy atom. The van der Waals surface area contributed by atoms with Crippen LogP contribution < -0.4 is 9.47 Å². The third-order valence-corrected chi connectivity index (χ3v) is 5.56. The predicted octanol–water partition coefficient (Wildman–Crippen LogP) is 3.38. The predicted molar refractivity (Wildman–Crippen MR) is 103 cm³/mol. The molecule has 2 aromatic rings. The third-order valence-electron chi connectivity index (χ3n) is 4.11. The average Bonchev–Trinajstić information content (AvgIpc) is 2.66. The second-order valence-corrected chi connectivity index (χ2v) is 7.53. The van der Waals surface area contributed by atoms with E-state index in [9.17, 15) is 4.21 Å². The summed E-state index contributed by atoms with van der Waals surface area (Å²) in [5, 5.41) is 0. The molecule has 1 unspecified atom stereocenters. The van der Waals surface area contributed by atoms with E-state index in [1.807, 2.05) is 42.5 Å². The molecule has 0 N–H and O–H groups in total. The summed E-state index contributed by atoms with van der Waals surface area (Å²) in [6.07, 6.45) is 1.86. The van der Waals surface area contributed by atoms with Gasteiger partial charge in [-0.3, -0.25) is 4.21 Å². The van der Waals surface area contributed by atoms with Crippen molar-refractivity contribution < 1.29 is 13.7 Å². The van der Waals surface area contributed by atoms with E-state index in [2.05, 4.69) is 18.0 Å². The molecule has 0 saturated heterocycles. The molecule has 2 aromatic carbocycles. The molecule has 4 nitrogen and oxygen atoms in total. The van der Waals surface area contributed by atoms with Gasteiger partial charge >= 0.3 is 0 Å². The fourth-order valence-electron chi connectivity index (χ4n) is 2.62. The topological polar surface area (TPSA) is 38.8 Å². The van der Waals surface area contributed by atoms with Crippen LogP contribution in [0.5, 0.6) is 11.5 Å². The first-order chi connectivity index (χ1) is 12.1. The Morgan fingerprint density at radius 2 is 1.68 bits per heavy atom. The zero-order valence-corrected chi connectivity index (χ0v) is 16.1. The van der Waals surface area contributed by atoms with Crippen molar-refractivity contribution in [2.45, 2.75) is 17.7 Å². The Balaban J connectivity index is 1.74. The van der Waals surface area contributed by atoms with Crippen LogP contribution in [0.3, 0.4) is 0 Å². The average molecular weight is 362 g/mol. The van der Waals surface area contributed by atoms with Crippen LogP contribution in [0.25, 0.3) is 0 Å². The number of likely N-dealkylation sites (N-methyl/N-ethyl adjacent to an activating group) is 1. The first-order valence-electron chi connectivity index (χ1n) is 8.47. The minimum absolute atomic E-state index is 0.699. The Labute approximate surface area is 153 Å². The van der Waals surface area contributed by atoms with Crippen molar-refractivity contribution in [3.63, 3.8) is 0 Å². The van der Waals surface area contributed by atoms with E-state index in [1.54, 1.807) is 14.2 Å². The smallest absolute Gasteiger partial charge is 0.160 e. The van der Waals surface area contributed by atoms with Crippen molar-refractivity contribution in [2.75, 3.05) is 40.1 Å². The van der Waals surface area contributed by atoms with Crippen LogP contribution in [0.2, 0.25) is 0 Å². The number of hydrogen-bond acceptors (Lipinski definition) is 4. The molecule has 0 heterocycles. The third kappa shape index (κ3) is 6.18. The number of benzene rings is 2. The van der Waals surface area contributed by atoms with Gasteiger partial charge in [-0.05, 0) is 56.3 Å². The minimum Gasteiger partial charge on any atom is -0.493 e. The number of ether oxygens (including phenoxy) is 2.